The first kappa shape index (κ1) is 17.7. The predicted molar refractivity (Wildman–Crippen MR) is 90.9 cm³/mol. The summed E-state index contributed by atoms with van der Waals surface area (Å²) in [5.74, 6) is 1.39. The molecule has 1 saturated heterocycles. The SMILES string of the molecule is COc1ccc(SCCC(=O)NCCN2C(=O)CSC2=O)cc1. The summed E-state index contributed by atoms with van der Waals surface area (Å²) in [4.78, 5) is 36.8. The summed E-state index contributed by atoms with van der Waals surface area (Å²) in [7, 11) is 1.62. The van der Waals surface area contributed by atoms with Gasteiger partial charge >= 0.3 is 0 Å². The van der Waals surface area contributed by atoms with Crippen molar-refractivity contribution >= 4 is 40.6 Å². The number of hydrogen-bond donors (Lipinski definition) is 1. The third-order valence-corrected chi connectivity index (χ3v) is 5.03. The number of imide groups is 1. The summed E-state index contributed by atoms with van der Waals surface area (Å²) >= 11 is 2.59. The fourth-order valence-corrected chi connectivity index (χ4v) is 3.53. The second-order valence-electron chi connectivity index (χ2n) is 4.72. The molecule has 0 bridgehead atoms. The molecule has 6 nitrogen and oxygen atoms in total. The Morgan fingerprint density at radius 1 is 1.35 bits per heavy atom. The number of ether oxygens (including phenoxy) is 1. The lowest BCUT2D eigenvalue weighted by Gasteiger charge is -2.13. The van der Waals surface area contributed by atoms with Gasteiger partial charge in [0.05, 0.1) is 12.9 Å². The normalized spacial score (nSPS) is 14.2. The first-order valence-electron chi connectivity index (χ1n) is 7.11. The van der Waals surface area contributed by atoms with Gasteiger partial charge in [0.15, 0.2) is 0 Å². The Hall–Kier alpha value is -1.67. The van der Waals surface area contributed by atoms with Gasteiger partial charge in [-0.05, 0) is 24.3 Å². The maximum Gasteiger partial charge on any atom is 0.288 e. The van der Waals surface area contributed by atoms with Gasteiger partial charge in [-0.2, -0.15) is 0 Å². The van der Waals surface area contributed by atoms with Crippen molar-refractivity contribution in [3.8, 4) is 5.75 Å². The van der Waals surface area contributed by atoms with Gasteiger partial charge in [0.2, 0.25) is 11.8 Å². The molecule has 0 aromatic heterocycles. The van der Waals surface area contributed by atoms with Crippen molar-refractivity contribution in [3.63, 3.8) is 0 Å². The van der Waals surface area contributed by atoms with Crippen molar-refractivity contribution in [1.29, 1.82) is 0 Å². The molecule has 3 amide bonds. The molecule has 0 spiro atoms. The number of hydrogen-bond acceptors (Lipinski definition) is 6. The minimum absolute atomic E-state index is 0.0854. The van der Waals surface area contributed by atoms with Crippen LogP contribution in [0.25, 0.3) is 0 Å². The molecule has 1 aliphatic heterocycles. The monoisotopic (exact) mass is 354 g/mol. The highest BCUT2D eigenvalue weighted by Gasteiger charge is 2.29. The van der Waals surface area contributed by atoms with Crippen LogP contribution >= 0.6 is 23.5 Å². The second-order valence-corrected chi connectivity index (χ2v) is 6.82. The largest absolute Gasteiger partial charge is 0.497 e. The van der Waals surface area contributed by atoms with E-state index < -0.39 is 0 Å². The lowest BCUT2D eigenvalue weighted by molar-refractivity contribution is -0.125. The molecule has 8 heteroatoms. The van der Waals surface area contributed by atoms with E-state index >= 15 is 0 Å². The number of amides is 3. The third-order valence-electron chi connectivity index (χ3n) is 3.16. The van der Waals surface area contributed by atoms with Gasteiger partial charge in [-0.3, -0.25) is 19.3 Å². The summed E-state index contributed by atoms with van der Waals surface area (Å²) in [6.45, 7) is 0.534. The molecular formula is C15H18N2O4S2. The van der Waals surface area contributed by atoms with E-state index in [4.69, 9.17) is 4.74 Å². The summed E-state index contributed by atoms with van der Waals surface area (Å²) in [5, 5.41) is 2.49. The number of nitrogens with zero attached hydrogens (tertiary/aromatic N) is 1. The molecule has 0 radical (unpaired) electrons. The Labute approximate surface area is 143 Å². The van der Waals surface area contributed by atoms with E-state index in [1.807, 2.05) is 24.3 Å². The van der Waals surface area contributed by atoms with Crippen LogP contribution in [0, 0.1) is 0 Å². The Bertz CT molecular complexity index is 561. The number of carbonyl (C=O) groups is 3. The standard InChI is InChI=1S/C15H18N2O4S2/c1-21-11-2-4-12(5-3-11)22-9-6-13(18)16-7-8-17-14(19)10-23-15(17)20/h2-5H,6-10H2,1H3,(H,16,18). The Balaban J connectivity index is 1.61. The zero-order valence-corrected chi connectivity index (χ0v) is 14.4. The lowest BCUT2D eigenvalue weighted by Crippen LogP contribution is -2.37. The summed E-state index contributed by atoms with van der Waals surface area (Å²) in [6, 6.07) is 7.66. The average molecular weight is 354 g/mol. The highest BCUT2D eigenvalue weighted by Crippen LogP contribution is 2.21. The quantitative estimate of drug-likeness (QED) is 0.720. The first-order valence-corrected chi connectivity index (χ1v) is 9.08. The first-order chi connectivity index (χ1) is 11.1. The topological polar surface area (TPSA) is 75.7 Å². The Kier molecular flexibility index (Phi) is 6.79. The van der Waals surface area contributed by atoms with Crippen molar-refractivity contribution < 1.29 is 19.1 Å². The van der Waals surface area contributed by atoms with E-state index in [-0.39, 0.29) is 29.4 Å². The van der Waals surface area contributed by atoms with Gasteiger partial charge in [-0.1, -0.05) is 11.8 Å². The van der Waals surface area contributed by atoms with Crippen molar-refractivity contribution in [3.05, 3.63) is 24.3 Å². The second kappa shape index (κ2) is 8.83. The van der Waals surface area contributed by atoms with Crippen LogP contribution in [-0.2, 0) is 9.59 Å². The van der Waals surface area contributed by atoms with Gasteiger partial charge < -0.3 is 10.1 Å². The van der Waals surface area contributed by atoms with Gasteiger partial charge in [0.25, 0.3) is 5.24 Å². The molecule has 2 rings (SSSR count). The number of thioether (sulfide) groups is 2. The number of rotatable bonds is 8. The van der Waals surface area contributed by atoms with E-state index in [0.29, 0.717) is 18.7 Å². The van der Waals surface area contributed by atoms with Gasteiger partial charge in [-0.15, -0.1) is 11.8 Å². The maximum absolute atomic E-state index is 11.7. The van der Waals surface area contributed by atoms with Crippen molar-refractivity contribution in [2.75, 3.05) is 31.7 Å². The molecule has 1 N–H and O–H groups in total. The molecule has 1 fully saturated rings. The van der Waals surface area contributed by atoms with Crippen LogP contribution in [0.2, 0.25) is 0 Å². The van der Waals surface area contributed by atoms with Crippen LogP contribution in [0.1, 0.15) is 6.42 Å². The molecule has 0 atom stereocenters. The lowest BCUT2D eigenvalue weighted by atomic mass is 10.3. The molecule has 124 valence electrons. The molecule has 1 heterocycles. The number of benzene rings is 1. The summed E-state index contributed by atoms with van der Waals surface area (Å²) in [6.07, 6.45) is 0.382. The van der Waals surface area contributed by atoms with Gasteiger partial charge in [-0.25, -0.2) is 0 Å². The van der Waals surface area contributed by atoms with E-state index in [1.54, 1.807) is 18.9 Å². The zero-order valence-electron chi connectivity index (χ0n) is 12.7. The summed E-state index contributed by atoms with van der Waals surface area (Å²) < 4.78 is 5.09. The highest BCUT2D eigenvalue weighted by molar-refractivity contribution is 8.14. The molecule has 23 heavy (non-hydrogen) atoms. The molecular weight excluding hydrogens is 336 g/mol. The maximum atomic E-state index is 11.7. The Morgan fingerprint density at radius 2 is 2.09 bits per heavy atom. The number of carbonyl (C=O) groups excluding carboxylic acids is 3. The molecule has 0 unspecified atom stereocenters. The minimum Gasteiger partial charge on any atom is -0.497 e. The fourth-order valence-electron chi connectivity index (χ4n) is 1.93. The van der Waals surface area contributed by atoms with Crippen molar-refractivity contribution in [1.82, 2.24) is 10.2 Å². The number of nitrogens with one attached hydrogen (secondary N) is 1. The molecule has 0 aliphatic carbocycles. The van der Waals surface area contributed by atoms with E-state index in [1.165, 1.54) is 4.90 Å². The van der Waals surface area contributed by atoms with Crippen LogP contribution < -0.4 is 10.1 Å². The highest BCUT2D eigenvalue weighted by atomic mass is 32.2. The molecule has 0 saturated carbocycles. The van der Waals surface area contributed by atoms with Crippen LogP contribution in [0.5, 0.6) is 5.75 Å². The summed E-state index contributed by atoms with van der Waals surface area (Å²) in [5.41, 5.74) is 0. The zero-order chi connectivity index (χ0) is 16.7. The van der Waals surface area contributed by atoms with Crippen LogP contribution in [-0.4, -0.2) is 53.7 Å². The molecule has 1 aromatic rings. The third kappa shape index (κ3) is 5.47. The van der Waals surface area contributed by atoms with E-state index in [2.05, 4.69) is 5.32 Å². The van der Waals surface area contributed by atoms with Gasteiger partial charge in [0.1, 0.15) is 5.75 Å². The fraction of sp³-hybridized carbons (Fsp3) is 0.400. The predicted octanol–water partition coefficient (Wildman–Crippen LogP) is 1.99. The molecule has 1 aliphatic rings. The van der Waals surface area contributed by atoms with Gasteiger partial charge in [0, 0.05) is 30.2 Å². The smallest absolute Gasteiger partial charge is 0.288 e. The average Bonchev–Trinajstić information content (AvgIpc) is 2.87. The van der Waals surface area contributed by atoms with E-state index in [9.17, 15) is 14.4 Å². The van der Waals surface area contributed by atoms with E-state index in [0.717, 1.165) is 22.4 Å². The number of methoxy groups -OCH3 is 1. The molecule has 1 aromatic carbocycles. The van der Waals surface area contributed by atoms with Crippen molar-refractivity contribution in [2.45, 2.75) is 11.3 Å². The Morgan fingerprint density at radius 3 is 2.70 bits per heavy atom. The van der Waals surface area contributed by atoms with Crippen molar-refractivity contribution in [2.24, 2.45) is 0 Å². The van der Waals surface area contributed by atoms with Crippen LogP contribution in [0.4, 0.5) is 4.79 Å². The van der Waals surface area contributed by atoms with Crippen LogP contribution in [0.15, 0.2) is 29.2 Å². The minimum atomic E-state index is -0.237. The van der Waals surface area contributed by atoms with Crippen LogP contribution in [0.3, 0.4) is 0 Å².